The summed E-state index contributed by atoms with van der Waals surface area (Å²) in [5.74, 6) is 1.31. The standard InChI is InChI=1S/C16H22N4O/c1-2-9-19-10-6-11-20(13-12-19)16-17-15(21-18-16)14-7-4-3-5-8-14/h3-5,7-8H,2,6,9-13H2,1H3. The van der Waals surface area contributed by atoms with E-state index in [1.807, 2.05) is 30.3 Å². The van der Waals surface area contributed by atoms with Crippen LogP contribution in [-0.4, -0.2) is 47.8 Å². The fourth-order valence-corrected chi connectivity index (χ4v) is 2.75. The summed E-state index contributed by atoms with van der Waals surface area (Å²) in [4.78, 5) is 9.29. The maximum Gasteiger partial charge on any atom is 0.266 e. The van der Waals surface area contributed by atoms with Crippen LogP contribution in [0.3, 0.4) is 0 Å². The van der Waals surface area contributed by atoms with Gasteiger partial charge in [0.05, 0.1) is 0 Å². The summed E-state index contributed by atoms with van der Waals surface area (Å²) in [5.41, 5.74) is 0.971. The van der Waals surface area contributed by atoms with Crippen molar-refractivity contribution >= 4 is 5.95 Å². The third-order valence-corrected chi connectivity index (χ3v) is 3.85. The van der Waals surface area contributed by atoms with E-state index in [9.17, 15) is 0 Å². The zero-order valence-corrected chi connectivity index (χ0v) is 12.5. The molecule has 2 heterocycles. The van der Waals surface area contributed by atoms with E-state index < -0.39 is 0 Å². The highest BCUT2D eigenvalue weighted by atomic mass is 16.5. The Kier molecular flexibility index (Phi) is 4.50. The van der Waals surface area contributed by atoms with Gasteiger partial charge in [0.25, 0.3) is 11.8 Å². The van der Waals surface area contributed by atoms with Gasteiger partial charge in [-0.2, -0.15) is 4.98 Å². The molecule has 0 radical (unpaired) electrons. The Balaban J connectivity index is 1.69. The van der Waals surface area contributed by atoms with Gasteiger partial charge in [-0.1, -0.05) is 25.1 Å². The molecule has 0 N–H and O–H groups in total. The number of hydrogen-bond donors (Lipinski definition) is 0. The van der Waals surface area contributed by atoms with Crippen molar-refractivity contribution in [2.45, 2.75) is 19.8 Å². The zero-order valence-electron chi connectivity index (χ0n) is 12.5. The van der Waals surface area contributed by atoms with Crippen molar-refractivity contribution in [3.63, 3.8) is 0 Å². The molecule has 0 bridgehead atoms. The first-order chi connectivity index (χ1) is 10.4. The van der Waals surface area contributed by atoms with Gasteiger partial charge in [-0.05, 0) is 43.2 Å². The average molecular weight is 286 g/mol. The Morgan fingerprint density at radius 3 is 2.76 bits per heavy atom. The van der Waals surface area contributed by atoms with Crippen molar-refractivity contribution in [2.24, 2.45) is 0 Å². The third-order valence-electron chi connectivity index (χ3n) is 3.85. The van der Waals surface area contributed by atoms with E-state index in [0.29, 0.717) is 11.8 Å². The van der Waals surface area contributed by atoms with Crippen LogP contribution in [0, 0.1) is 0 Å². The first-order valence-corrected chi connectivity index (χ1v) is 7.73. The summed E-state index contributed by atoms with van der Waals surface area (Å²) in [6, 6.07) is 9.92. The highest BCUT2D eigenvalue weighted by Gasteiger charge is 2.19. The lowest BCUT2D eigenvalue weighted by molar-refractivity contribution is 0.294. The maximum absolute atomic E-state index is 5.40. The molecule has 2 aromatic rings. The van der Waals surface area contributed by atoms with Gasteiger partial charge in [0.1, 0.15) is 0 Å². The minimum absolute atomic E-state index is 0.597. The third kappa shape index (κ3) is 3.42. The van der Waals surface area contributed by atoms with Gasteiger partial charge in [-0.25, -0.2) is 0 Å². The average Bonchev–Trinajstić information content (AvgIpc) is 2.90. The summed E-state index contributed by atoms with van der Waals surface area (Å²) in [6.45, 7) is 7.60. The second-order valence-corrected chi connectivity index (χ2v) is 5.45. The van der Waals surface area contributed by atoms with E-state index in [0.717, 1.165) is 38.2 Å². The predicted molar refractivity (Wildman–Crippen MR) is 83.3 cm³/mol. The Morgan fingerprint density at radius 2 is 1.95 bits per heavy atom. The molecule has 5 nitrogen and oxygen atoms in total. The number of nitrogens with zero attached hydrogens (tertiary/aromatic N) is 4. The van der Waals surface area contributed by atoms with Gasteiger partial charge in [0, 0.05) is 25.2 Å². The Hall–Kier alpha value is -1.88. The highest BCUT2D eigenvalue weighted by Crippen LogP contribution is 2.20. The number of hydrogen-bond acceptors (Lipinski definition) is 5. The molecule has 1 aromatic heterocycles. The molecule has 5 heteroatoms. The molecule has 0 spiro atoms. The zero-order chi connectivity index (χ0) is 14.5. The molecule has 0 amide bonds. The molecule has 0 atom stereocenters. The molecule has 1 saturated heterocycles. The summed E-state index contributed by atoms with van der Waals surface area (Å²) in [7, 11) is 0. The Morgan fingerprint density at radius 1 is 1.10 bits per heavy atom. The molecule has 3 rings (SSSR count). The van der Waals surface area contributed by atoms with Crippen LogP contribution in [0.4, 0.5) is 5.95 Å². The van der Waals surface area contributed by atoms with Gasteiger partial charge in [-0.3, -0.25) is 0 Å². The minimum Gasteiger partial charge on any atom is -0.337 e. The van der Waals surface area contributed by atoms with Crippen LogP contribution in [0.1, 0.15) is 19.8 Å². The normalized spacial score (nSPS) is 16.9. The molecule has 21 heavy (non-hydrogen) atoms. The molecule has 1 aromatic carbocycles. The topological polar surface area (TPSA) is 45.4 Å². The lowest BCUT2D eigenvalue weighted by atomic mass is 10.2. The highest BCUT2D eigenvalue weighted by molar-refractivity contribution is 5.54. The van der Waals surface area contributed by atoms with Crippen molar-refractivity contribution in [3.8, 4) is 11.5 Å². The molecule has 112 valence electrons. The van der Waals surface area contributed by atoms with E-state index in [2.05, 4.69) is 26.9 Å². The number of anilines is 1. The van der Waals surface area contributed by atoms with Crippen LogP contribution in [0.2, 0.25) is 0 Å². The lowest BCUT2D eigenvalue weighted by Crippen LogP contribution is -2.31. The van der Waals surface area contributed by atoms with Crippen molar-refractivity contribution in [3.05, 3.63) is 30.3 Å². The molecule has 0 aliphatic carbocycles. The summed E-state index contributed by atoms with van der Waals surface area (Å²) in [6.07, 6.45) is 2.36. The van der Waals surface area contributed by atoms with E-state index in [4.69, 9.17) is 4.52 Å². The SMILES string of the molecule is CCCN1CCCN(c2noc(-c3ccccc3)n2)CC1. The number of aromatic nitrogens is 2. The molecular weight excluding hydrogens is 264 g/mol. The first kappa shape index (κ1) is 14.1. The molecule has 0 saturated carbocycles. The maximum atomic E-state index is 5.40. The predicted octanol–water partition coefficient (Wildman–Crippen LogP) is 2.66. The molecule has 1 aliphatic rings. The van der Waals surface area contributed by atoms with Crippen LogP contribution >= 0.6 is 0 Å². The van der Waals surface area contributed by atoms with Gasteiger partial charge in [-0.15, -0.1) is 0 Å². The summed E-state index contributed by atoms with van der Waals surface area (Å²) < 4.78 is 5.40. The minimum atomic E-state index is 0.597. The number of benzene rings is 1. The van der Waals surface area contributed by atoms with Crippen LogP contribution in [-0.2, 0) is 0 Å². The van der Waals surface area contributed by atoms with Crippen LogP contribution in [0.15, 0.2) is 34.9 Å². The lowest BCUT2D eigenvalue weighted by Gasteiger charge is -2.19. The summed E-state index contributed by atoms with van der Waals surface area (Å²) >= 11 is 0. The van der Waals surface area contributed by atoms with Gasteiger partial charge >= 0.3 is 0 Å². The molecular formula is C16H22N4O. The fraction of sp³-hybridized carbons (Fsp3) is 0.500. The van der Waals surface area contributed by atoms with Crippen molar-refractivity contribution in [2.75, 3.05) is 37.6 Å². The molecule has 1 fully saturated rings. The number of rotatable bonds is 4. The van der Waals surface area contributed by atoms with Crippen LogP contribution in [0.25, 0.3) is 11.5 Å². The first-order valence-electron chi connectivity index (χ1n) is 7.73. The van der Waals surface area contributed by atoms with E-state index in [1.165, 1.54) is 13.0 Å². The fourth-order valence-electron chi connectivity index (χ4n) is 2.75. The Bertz CT molecular complexity index is 554. The summed E-state index contributed by atoms with van der Waals surface area (Å²) in [5, 5.41) is 4.15. The van der Waals surface area contributed by atoms with Crippen molar-refractivity contribution in [1.82, 2.24) is 15.0 Å². The van der Waals surface area contributed by atoms with Crippen LogP contribution < -0.4 is 4.90 Å². The van der Waals surface area contributed by atoms with E-state index in [-0.39, 0.29) is 0 Å². The van der Waals surface area contributed by atoms with Gasteiger partial charge in [0.15, 0.2) is 0 Å². The second kappa shape index (κ2) is 6.72. The monoisotopic (exact) mass is 286 g/mol. The molecule has 0 unspecified atom stereocenters. The van der Waals surface area contributed by atoms with Crippen molar-refractivity contribution < 1.29 is 4.52 Å². The second-order valence-electron chi connectivity index (χ2n) is 5.45. The van der Waals surface area contributed by atoms with Crippen LogP contribution in [0.5, 0.6) is 0 Å². The van der Waals surface area contributed by atoms with Gasteiger partial charge < -0.3 is 14.3 Å². The molecule has 1 aliphatic heterocycles. The van der Waals surface area contributed by atoms with Crippen molar-refractivity contribution in [1.29, 1.82) is 0 Å². The van der Waals surface area contributed by atoms with E-state index in [1.54, 1.807) is 0 Å². The van der Waals surface area contributed by atoms with Gasteiger partial charge in [0.2, 0.25) is 0 Å². The van der Waals surface area contributed by atoms with E-state index >= 15 is 0 Å². The Labute approximate surface area is 125 Å². The quantitative estimate of drug-likeness (QED) is 0.864. The largest absolute Gasteiger partial charge is 0.337 e. The smallest absolute Gasteiger partial charge is 0.266 e.